The van der Waals surface area contributed by atoms with Gasteiger partial charge >= 0.3 is 0 Å². The van der Waals surface area contributed by atoms with Crippen LogP contribution in [0.1, 0.15) is 20.3 Å². The Bertz CT molecular complexity index is 577. The fourth-order valence-electron chi connectivity index (χ4n) is 2.75. The van der Waals surface area contributed by atoms with Crippen molar-refractivity contribution in [1.82, 2.24) is 15.1 Å². The van der Waals surface area contributed by atoms with Crippen molar-refractivity contribution in [2.45, 2.75) is 26.3 Å². The van der Waals surface area contributed by atoms with Crippen molar-refractivity contribution in [2.75, 3.05) is 44.6 Å². The molecule has 0 aliphatic carbocycles. The third-order valence-electron chi connectivity index (χ3n) is 4.29. The van der Waals surface area contributed by atoms with Gasteiger partial charge in [0.05, 0.1) is 6.54 Å². The molecular formula is C18H28ClFN4O2. The van der Waals surface area contributed by atoms with Crippen LogP contribution in [-0.2, 0) is 9.59 Å². The number of benzene rings is 1. The van der Waals surface area contributed by atoms with Gasteiger partial charge in [0.15, 0.2) is 0 Å². The number of carbonyl (C=O) groups is 2. The molecular weight excluding hydrogens is 359 g/mol. The van der Waals surface area contributed by atoms with Gasteiger partial charge < -0.3 is 15.5 Å². The van der Waals surface area contributed by atoms with Crippen molar-refractivity contribution in [3.8, 4) is 0 Å². The van der Waals surface area contributed by atoms with Crippen LogP contribution in [0.5, 0.6) is 0 Å². The predicted octanol–water partition coefficient (Wildman–Crippen LogP) is 1.72. The summed E-state index contributed by atoms with van der Waals surface area (Å²) in [6, 6.07) is 5.82. The monoisotopic (exact) mass is 386 g/mol. The SMILES string of the molecule is CC(C)N(CCC(=O)N1CCNCC1)CC(=O)Nc1ccc(F)cc1.Cl. The molecule has 8 heteroatoms. The maximum absolute atomic E-state index is 12.9. The minimum absolute atomic E-state index is 0. The van der Waals surface area contributed by atoms with Crippen LogP contribution < -0.4 is 10.6 Å². The van der Waals surface area contributed by atoms with Gasteiger partial charge in [0.2, 0.25) is 11.8 Å². The molecule has 1 aromatic rings. The zero-order chi connectivity index (χ0) is 18.2. The molecule has 1 heterocycles. The van der Waals surface area contributed by atoms with Gasteiger partial charge in [-0.1, -0.05) is 0 Å². The van der Waals surface area contributed by atoms with Gasteiger partial charge in [-0.25, -0.2) is 4.39 Å². The summed E-state index contributed by atoms with van der Waals surface area (Å²) >= 11 is 0. The summed E-state index contributed by atoms with van der Waals surface area (Å²) in [6.07, 6.45) is 0.405. The fourth-order valence-corrected chi connectivity index (χ4v) is 2.75. The lowest BCUT2D eigenvalue weighted by molar-refractivity contribution is -0.132. The van der Waals surface area contributed by atoms with Crippen molar-refractivity contribution < 1.29 is 14.0 Å². The molecule has 146 valence electrons. The van der Waals surface area contributed by atoms with E-state index in [-0.39, 0.29) is 42.6 Å². The van der Waals surface area contributed by atoms with E-state index < -0.39 is 0 Å². The van der Waals surface area contributed by atoms with E-state index in [1.54, 1.807) is 0 Å². The number of rotatable bonds is 7. The largest absolute Gasteiger partial charge is 0.340 e. The second-order valence-electron chi connectivity index (χ2n) is 6.50. The Hall–Kier alpha value is -1.70. The lowest BCUT2D eigenvalue weighted by Gasteiger charge is -2.30. The molecule has 2 amide bonds. The quantitative estimate of drug-likeness (QED) is 0.749. The number of carbonyl (C=O) groups excluding carboxylic acids is 2. The first kappa shape index (κ1) is 22.3. The average Bonchev–Trinajstić information content (AvgIpc) is 2.60. The molecule has 0 saturated carbocycles. The summed E-state index contributed by atoms with van der Waals surface area (Å²) in [4.78, 5) is 28.3. The number of nitrogens with zero attached hydrogens (tertiary/aromatic N) is 2. The zero-order valence-electron chi connectivity index (χ0n) is 15.3. The van der Waals surface area contributed by atoms with Crippen molar-refractivity contribution in [3.05, 3.63) is 30.1 Å². The number of hydrogen-bond donors (Lipinski definition) is 2. The molecule has 0 bridgehead atoms. The van der Waals surface area contributed by atoms with E-state index in [4.69, 9.17) is 0 Å². The topological polar surface area (TPSA) is 64.7 Å². The third kappa shape index (κ3) is 7.27. The Morgan fingerprint density at radius 1 is 1.23 bits per heavy atom. The Kier molecular flexibility index (Phi) is 9.54. The molecule has 0 radical (unpaired) electrons. The second-order valence-corrected chi connectivity index (χ2v) is 6.50. The van der Waals surface area contributed by atoms with Gasteiger partial charge in [-0.05, 0) is 38.1 Å². The van der Waals surface area contributed by atoms with Gasteiger partial charge in [0, 0.05) is 50.9 Å². The smallest absolute Gasteiger partial charge is 0.238 e. The lowest BCUT2D eigenvalue weighted by Crippen LogP contribution is -2.47. The van der Waals surface area contributed by atoms with Crippen LogP contribution in [0, 0.1) is 5.82 Å². The maximum Gasteiger partial charge on any atom is 0.238 e. The van der Waals surface area contributed by atoms with Crippen molar-refractivity contribution in [2.24, 2.45) is 0 Å². The molecule has 2 N–H and O–H groups in total. The highest BCUT2D eigenvalue weighted by Crippen LogP contribution is 2.09. The van der Waals surface area contributed by atoms with Crippen LogP contribution in [0.4, 0.5) is 10.1 Å². The molecule has 0 unspecified atom stereocenters. The maximum atomic E-state index is 12.9. The number of piperazine rings is 1. The molecule has 1 fully saturated rings. The fraction of sp³-hybridized carbons (Fsp3) is 0.556. The molecule has 26 heavy (non-hydrogen) atoms. The third-order valence-corrected chi connectivity index (χ3v) is 4.29. The Morgan fingerprint density at radius 2 is 1.85 bits per heavy atom. The van der Waals surface area contributed by atoms with Gasteiger partial charge in [-0.3, -0.25) is 14.5 Å². The van der Waals surface area contributed by atoms with Gasteiger partial charge in [0.25, 0.3) is 0 Å². The summed E-state index contributed by atoms with van der Waals surface area (Å²) < 4.78 is 12.9. The highest BCUT2D eigenvalue weighted by Gasteiger charge is 2.19. The van der Waals surface area contributed by atoms with Crippen LogP contribution >= 0.6 is 12.4 Å². The average molecular weight is 387 g/mol. The van der Waals surface area contributed by atoms with Crippen LogP contribution in [0.2, 0.25) is 0 Å². The van der Waals surface area contributed by atoms with Crippen LogP contribution in [-0.4, -0.2) is 66.9 Å². The second kappa shape index (κ2) is 11.1. The lowest BCUT2D eigenvalue weighted by atomic mass is 10.2. The minimum Gasteiger partial charge on any atom is -0.340 e. The highest BCUT2D eigenvalue weighted by molar-refractivity contribution is 5.92. The minimum atomic E-state index is -0.340. The summed E-state index contributed by atoms with van der Waals surface area (Å²) in [7, 11) is 0. The van der Waals surface area contributed by atoms with Crippen molar-refractivity contribution in [3.63, 3.8) is 0 Å². The summed E-state index contributed by atoms with van der Waals surface area (Å²) in [5.74, 6) is -0.380. The van der Waals surface area contributed by atoms with Crippen LogP contribution in [0.25, 0.3) is 0 Å². The molecule has 0 spiro atoms. The number of amides is 2. The first-order chi connectivity index (χ1) is 12.0. The van der Waals surface area contributed by atoms with Gasteiger partial charge in [0.1, 0.15) is 5.82 Å². The molecule has 0 atom stereocenters. The molecule has 1 aromatic carbocycles. The summed E-state index contributed by atoms with van der Waals surface area (Å²) in [6.45, 7) is 7.89. The van der Waals surface area contributed by atoms with Crippen LogP contribution in [0.15, 0.2) is 24.3 Å². The van der Waals surface area contributed by atoms with E-state index in [0.29, 0.717) is 18.7 Å². The normalized spacial score (nSPS) is 14.3. The summed E-state index contributed by atoms with van der Waals surface area (Å²) in [5.41, 5.74) is 0.562. The number of anilines is 1. The molecule has 1 aliphatic heterocycles. The van der Waals surface area contributed by atoms with E-state index in [0.717, 1.165) is 26.2 Å². The van der Waals surface area contributed by atoms with Gasteiger partial charge in [-0.2, -0.15) is 0 Å². The molecule has 1 aliphatic rings. The van der Waals surface area contributed by atoms with E-state index >= 15 is 0 Å². The Morgan fingerprint density at radius 3 is 2.42 bits per heavy atom. The molecule has 6 nitrogen and oxygen atoms in total. The zero-order valence-corrected chi connectivity index (χ0v) is 16.2. The number of halogens is 2. The highest BCUT2D eigenvalue weighted by atomic mass is 35.5. The molecule has 0 aromatic heterocycles. The van der Waals surface area contributed by atoms with Gasteiger partial charge in [-0.15, -0.1) is 12.4 Å². The van der Waals surface area contributed by atoms with Crippen molar-refractivity contribution in [1.29, 1.82) is 0 Å². The number of nitrogens with one attached hydrogen (secondary N) is 2. The van der Waals surface area contributed by atoms with E-state index in [1.807, 2.05) is 23.6 Å². The summed E-state index contributed by atoms with van der Waals surface area (Å²) in [5, 5.41) is 5.98. The molecule has 1 saturated heterocycles. The first-order valence-corrected chi connectivity index (χ1v) is 8.73. The van der Waals surface area contributed by atoms with E-state index in [1.165, 1.54) is 24.3 Å². The molecule has 2 rings (SSSR count). The van der Waals surface area contributed by atoms with E-state index in [9.17, 15) is 14.0 Å². The van der Waals surface area contributed by atoms with Crippen molar-refractivity contribution >= 4 is 29.9 Å². The first-order valence-electron chi connectivity index (χ1n) is 8.73. The van der Waals surface area contributed by atoms with E-state index in [2.05, 4.69) is 10.6 Å². The van der Waals surface area contributed by atoms with Crippen LogP contribution in [0.3, 0.4) is 0 Å². The Balaban J connectivity index is 0.00000338. The Labute approximate surface area is 160 Å². The predicted molar refractivity (Wildman–Crippen MR) is 103 cm³/mol. The number of hydrogen-bond acceptors (Lipinski definition) is 4. The standard InChI is InChI=1S/C18H27FN4O2.ClH/c1-14(2)23(10-7-18(25)22-11-8-20-9-12-22)13-17(24)21-16-5-3-15(19)4-6-16;/h3-6,14,20H,7-13H2,1-2H3,(H,21,24);1H.